The molecule has 0 saturated carbocycles. The zero-order chi connectivity index (χ0) is 21.6. The maximum absolute atomic E-state index is 6.27. The minimum atomic E-state index is 0.480. The molecule has 4 heteroatoms. The molecule has 0 heterocycles. The van der Waals surface area contributed by atoms with Gasteiger partial charge in [-0.3, -0.25) is 4.99 Å². The molecular formula is C27H24INO2. The van der Waals surface area contributed by atoms with Crippen LogP contribution in [-0.4, -0.2) is 12.8 Å². The second-order valence-corrected chi connectivity index (χ2v) is 8.45. The van der Waals surface area contributed by atoms with Crippen molar-refractivity contribution < 1.29 is 9.47 Å². The molecule has 0 amide bonds. The van der Waals surface area contributed by atoms with Gasteiger partial charge in [-0.05, 0) is 82.6 Å². The number of rotatable bonds is 7. The van der Waals surface area contributed by atoms with Crippen molar-refractivity contribution in [2.45, 2.75) is 20.5 Å². The Morgan fingerprint density at radius 1 is 0.903 bits per heavy atom. The lowest BCUT2D eigenvalue weighted by Crippen LogP contribution is -2.03. The van der Waals surface area contributed by atoms with Gasteiger partial charge in [-0.25, -0.2) is 0 Å². The summed E-state index contributed by atoms with van der Waals surface area (Å²) >= 11 is 2.30. The predicted octanol–water partition coefficient (Wildman–Crippen LogP) is 7.48. The summed E-state index contributed by atoms with van der Waals surface area (Å²) in [6, 6.07) is 26.9. The van der Waals surface area contributed by atoms with Gasteiger partial charge >= 0.3 is 0 Å². The van der Waals surface area contributed by atoms with Gasteiger partial charge in [-0.1, -0.05) is 60.2 Å². The van der Waals surface area contributed by atoms with Crippen LogP contribution in [0, 0.1) is 10.5 Å². The second-order valence-electron chi connectivity index (χ2n) is 7.28. The summed E-state index contributed by atoms with van der Waals surface area (Å²) in [7, 11) is 0. The van der Waals surface area contributed by atoms with Crippen LogP contribution in [0.15, 0.2) is 83.9 Å². The van der Waals surface area contributed by atoms with E-state index >= 15 is 0 Å². The molecule has 156 valence electrons. The van der Waals surface area contributed by atoms with Gasteiger partial charge in [-0.15, -0.1) is 0 Å². The molecule has 3 nitrogen and oxygen atoms in total. The molecule has 4 aromatic carbocycles. The molecule has 0 fully saturated rings. The Balaban J connectivity index is 1.59. The van der Waals surface area contributed by atoms with E-state index in [0.717, 1.165) is 31.9 Å². The molecule has 0 aliphatic carbocycles. The van der Waals surface area contributed by atoms with E-state index in [4.69, 9.17) is 9.47 Å². The number of hydrogen-bond donors (Lipinski definition) is 0. The highest BCUT2D eigenvalue weighted by Gasteiger charge is 2.13. The SMILES string of the molecule is CCOc1cc(C=Nc2ccc(C)cc2)cc(I)c1OCc1cccc2ccccc12. The average Bonchev–Trinajstić information content (AvgIpc) is 2.78. The predicted molar refractivity (Wildman–Crippen MR) is 137 cm³/mol. The van der Waals surface area contributed by atoms with Crippen molar-refractivity contribution in [2.24, 2.45) is 4.99 Å². The highest BCUT2D eigenvalue weighted by atomic mass is 127. The van der Waals surface area contributed by atoms with Crippen LogP contribution in [0.25, 0.3) is 10.8 Å². The fourth-order valence-electron chi connectivity index (χ4n) is 3.41. The Hall–Kier alpha value is -2.86. The molecular weight excluding hydrogens is 497 g/mol. The minimum absolute atomic E-state index is 0.480. The number of aryl methyl sites for hydroxylation is 1. The summed E-state index contributed by atoms with van der Waals surface area (Å²) in [6.07, 6.45) is 1.86. The molecule has 0 aromatic heterocycles. The van der Waals surface area contributed by atoms with Gasteiger partial charge in [0.2, 0.25) is 0 Å². The molecule has 4 rings (SSSR count). The van der Waals surface area contributed by atoms with E-state index in [2.05, 4.69) is 95.2 Å². The number of benzene rings is 4. The van der Waals surface area contributed by atoms with E-state index in [0.29, 0.717) is 13.2 Å². The van der Waals surface area contributed by atoms with E-state index < -0.39 is 0 Å². The molecule has 0 aliphatic rings. The lowest BCUT2D eigenvalue weighted by atomic mass is 10.1. The first-order chi connectivity index (χ1) is 15.1. The fourth-order valence-corrected chi connectivity index (χ4v) is 4.19. The van der Waals surface area contributed by atoms with Gasteiger partial charge in [0.1, 0.15) is 6.61 Å². The Bertz CT molecular complexity index is 1210. The van der Waals surface area contributed by atoms with Gasteiger partial charge in [0.15, 0.2) is 11.5 Å². The summed E-state index contributed by atoms with van der Waals surface area (Å²) < 4.78 is 13.2. The van der Waals surface area contributed by atoms with Gasteiger partial charge in [-0.2, -0.15) is 0 Å². The van der Waals surface area contributed by atoms with E-state index in [1.807, 2.05) is 31.3 Å². The Morgan fingerprint density at radius 3 is 2.48 bits per heavy atom. The third-order valence-corrected chi connectivity index (χ3v) is 5.78. The smallest absolute Gasteiger partial charge is 0.175 e. The Morgan fingerprint density at radius 2 is 1.68 bits per heavy atom. The molecule has 0 saturated heterocycles. The van der Waals surface area contributed by atoms with Gasteiger partial charge in [0.05, 0.1) is 15.9 Å². The van der Waals surface area contributed by atoms with Crippen LogP contribution >= 0.6 is 22.6 Å². The van der Waals surface area contributed by atoms with Crippen LogP contribution in [0.3, 0.4) is 0 Å². The second kappa shape index (κ2) is 9.96. The van der Waals surface area contributed by atoms with Gasteiger partial charge in [0, 0.05) is 6.21 Å². The highest BCUT2D eigenvalue weighted by Crippen LogP contribution is 2.35. The van der Waals surface area contributed by atoms with Gasteiger partial charge < -0.3 is 9.47 Å². The van der Waals surface area contributed by atoms with Crippen molar-refractivity contribution in [3.8, 4) is 11.5 Å². The Kier molecular flexibility index (Phi) is 6.87. The van der Waals surface area contributed by atoms with Crippen LogP contribution in [-0.2, 0) is 6.61 Å². The van der Waals surface area contributed by atoms with Crippen LogP contribution < -0.4 is 9.47 Å². The number of halogens is 1. The van der Waals surface area contributed by atoms with Crippen molar-refractivity contribution in [1.29, 1.82) is 0 Å². The minimum Gasteiger partial charge on any atom is -0.490 e. The topological polar surface area (TPSA) is 30.8 Å². The molecule has 0 N–H and O–H groups in total. The van der Waals surface area contributed by atoms with Crippen molar-refractivity contribution in [1.82, 2.24) is 0 Å². The standard InChI is InChI=1S/C27H24INO2/c1-3-30-26-16-20(17-29-23-13-11-19(2)12-14-23)15-25(28)27(26)31-18-22-9-6-8-21-7-4-5-10-24(21)22/h4-17H,3,18H2,1-2H3. The first kappa shape index (κ1) is 21.4. The Labute approximate surface area is 196 Å². The van der Waals surface area contributed by atoms with Crippen molar-refractivity contribution in [2.75, 3.05) is 6.61 Å². The lowest BCUT2D eigenvalue weighted by Gasteiger charge is -2.15. The molecule has 0 unspecified atom stereocenters. The quantitative estimate of drug-likeness (QED) is 0.187. The number of hydrogen-bond acceptors (Lipinski definition) is 3. The first-order valence-electron chi connectivity index (χ1n) is 10.3. The van der Waals surface area contributed by atoms with Crippen molar-refractivity contribution >= 4 is 45.3 Å². The maximum atomic E-state index is 6.27. The van der Waals surface area contributed by atoms with Crippen LogP contribution in [0.2, 0.25) is 0 Å². The monoisotopic (exact) mass is 521 g/mol. The number of aliphatic imine (C=N–C) groups is 1. The fraction of sp³-hybridized carbons (Fsp3) is 0.148. The van der Waals surface area contributed by atoms with Crippen LogP contribution in [0.4, 0.5) is 5.69 Å². The summed E-state index contributed by atoms with van der Waals surface area (Å²) in [5, 5.41) is 2.42. The maximum Gasteiger partial charge on any atom is 0.175 e. The zero-order valence-corrected chi connectivity index (χ0v) is 19.8. The summed E-state index contributed by atoms with van der Waals surface area (Å²) in [5.74, 6) is 1.50. The zero-order valence-electron chi connectivity index (χ0n) is 17.6. The number of nitrogens with zero attached hydrogens (tertiary/aromatic N) is 1. The number of ether oxygens (including phenoxy) is 2. The molecule has 0 radical (unpaired) electrons. The third-order valence-electron chi connectivity index (χ3n) is 4.98. The molecule has 0 atom stereocenters. The van der Waals surface area contributed by atoms with Crippen molar-refractivity contribution in [3.05, 3.63) is 99.1 Å². The van der Waals surface area contributed by atoms with Crippen LogP contribution in [0.1, 0.15) is 23.6 Å². The van der Waals surface area contributed by atoms with E-state index in [9.17, 15) is 0 Å². The molecule has 4 aromatic rings. The number of fused-ring (bicyclic) bond motifs is 1. The lowest BCUT2D eigenvalue weighted by molar-refractivity contribution is 0.268. The van der Waals surface area contributed by atoms with E-state index in [1.54, 1.807) is 0 Å². The summed E-state index contributed by atoms with van der Waals surface area (Å²) in [5.41, 5.74) is 4.28. The van der Waals surface area contributed by atoms with Crippen LogP contribution in [0.5, 0.6) is 11.5 Å². The molecule has 0 spiro atoms. The molecule has 0 aliphatic heterocycles. The summed E-state index contributed by atoms with van der Waals surface area (Å²) in [6.45, 7) is 5.10. The third kappa shape index (κ3) is 5.25. The molecule has 0 bridgehead atoms. The van der Waals surface area contributed by atoms with Crippen molar-refractivity contribution in [3.63, 3.8) is 0 Å². The van der Waals surface area contributed by atoms with E-state index in [1.165, 1.54) is 16.3 Å². The van der Waals surface area contributed by atoms with E-state index in [-0.39, 0.29) is 0 Å². The highest BCUT2D eigenvalue weighted by molar-refractivity contribution is 14.1. The average molecular weight is 521 g/mol. The van der Waals surface area contributed by atoms with Gasteiger partial charge in [0.25, 0.3) is 0 Å². The summed E-state index contributed by atoms with van der Waals surface area (Å²) in [4.78, 5) is 4.59. The largest absolute Gasteiger partial charge is 0.490 e. The normalized spacial score (nSPS) is 11.2. The first-order valence-corrected chi connectivity index (χ1v) is 11.4. The molecule has 31 heavy (non-hydrogen) atoms.